The number of aromatic nitrogens is 3. The Morgan fingerprint density at radius 3 is 3.11 bits per heavy atom. The summed E-state index contributed by atoms with van der Waals surface area (Å²) in [5, 5.41) is 18.8. The number of aliphatic carboxylic acids is 1. The highest BCUT2D eigenvalue weighted by atomic mass is 32.1. The van der Waals surface area contributed by atoms with Gasteiger partial charge in [-0.25, -0.2) is 4.68 Å². The number of carboxylic acids is 1. The standard InChI is InChI=1S/C12H13N3O3S/c1-6-2-3-7-8(4-6)19-11-10(7)12(18)15(14-13-11)5-9(16)17/h6H,2-5H2,1H3,(H,16,17)/p-1/t6-/m0/s1. The highest BCUT2D eigenvalue weighted by Crippen LogP contribution is 2.35. The van der Waals surface area contributed by atoms with E-state index in [0.29, 0.717) is 16.1 Å². The Morgan fingerprint density at radius 1 is 1.58 bits per heavy atom. The molecule has 0 aliphatic heterocycles. The van der Waals surface area contributed by atoms with E-state index in [0.717, 1.165) is 29.5 Å². The zero-order chi connectivity index (χ0) is 13.6. The van der Waals surface area contributed by atoms with Gasteiger partial charge in [-0.15, -0.1) is 16.4 Å². The number of nitrogens with zero attached hydrogens (tertiary/aromatic N) is 3. The molecule has 0 bridgehead atoms. The van der Waals surface area contributed by atoms with E-state index in [1.165, 1.54) is 16.2 Å². The first-order valence-corrected chi connectivity index (χ1v) is 6.96. The maximum Gasteiger partial charge on any atom is 0.279 e. The molecule has 0 N–H and O–H groups in total. The molecule has 2 heterocycles. The molecule has 1 aliphatic rings. The number of carbonyl (C=O) groups is 1. The molecule has 6 nitrogen and oxygen atoms in total. The van der Waals surface area contributed by atoms with E-state index in [-0.39, 0.29) is 5.56 Å². The Kier molecular flexibility index (Phi) is 2.85. The predicted molar refractivity (Wildman–Crippen MR) is 67.9 cm³/mol. The molecule has 0 saturated carbocycles. The van der Waals surface area contributed by atoms with Crippen molar-refractivity contribution in [3.05, 3.63) is 20.8 Å². The van der Waals surface area contributed by atoms with Crippen molar-refractivity contribution in [1.82, 2.24) is 15.0 Å². The molecule has 0 saturated heterocycles. The highest BCUT2D eigenvalue weighted by Gasteiger charge is 2.23. The zero-order valence-electron chi connectivity index (χ0n) is 10.4. The van der Waals surface area contributed by atoms with E-state index in [9.17, 15) is 14.7 Å². The van der Waals surface area contributed by atoms with Crippen LogP contribution in [0.4, 0.5) is 0 Å². The van der Waals surface area contributed by atoms with Gasteiger partial charge in [-0.2, -0.15) is 0 Å². The fourth-order valence-corrected chi connectivity index (χ4v) is 3.84. The van der Waals surface area contributed by atoms with Gasteiger partial charge in [0.1, 0.15) is 0 Å². The topological polar surface area (TPSA) is 87.9 Å². The summed E-state index contributed by atoms with van der Waals surface area (Å²) in [5.74, 6) is -0.729. The van der Waals surface area contributed by atoms with E-state index >= 15 is 0 Å². The molecule has 0 spiro atoms. The van der Waals surface area contributed by atoms with Crippen LogP contribution in [0.1, 0.15) is 23.8 Å². The zero-order valence-corrected chi connectivity index (χ0v) is 11.2. The number of aryl methyl sites for hydroxylation is 1. The van der Waals surface area contributed by atoms with Gasteiger partial charge in [0, 0.05) is 4.88 Å². The van der Waals surface area contributed by atoms with Gasteiger partial charge in [-0.3, -0.25) is 4.79 Å². The van der Waals surface area contributed by atoms with Crippen LogP contribution < -0.4 is 10.7 Å². The summed E-state index contributed by atoms with van der Waals surface area (Å²) < 4.78 is 0.864. The first-order valence-electron chi connectivity index (χ1n) is 6.14. The summed E-state index contributed by atoms with van der Waals surface area (Å²) in [5.41, 5.74) is 0.659. The number of carboxylic acid groups (broad SMARTS) is 1. The Hall–Kier alpha value is -1.76. The largest absolute Gasteiger partial charge is 0.548 e. The molecule has 1 atom stereocenters. The van der Waals surface area contributed by atoms with Crippen molar-refractivity contribution in [2.75, 3.05) is 0 Å². The fourth-order valence-electron chi connectivity index (χ4n) is 2.52. The molecule has 2 aromatic rings. The molecular weight excluding hydrogens is 266 g/mol. The second-order valence-corrected chi connectivity index (χ2v) is 6.04. The van der Waals surface area contributed by atoms with Crippen molar-refractivity contribution in [1.29, 1.82) is 0 Å². The molecule has 1 aliphatic carbocycles. The average molecular weight is 278 g/mol. The van der Waals surface area contributed by atoms with Crippen molar-refractivity contribution < 1.29 is 9.90 Å². The van der Waals surface area contributed by atoms with Crippen LogP contribution in [0.25, 0.3) is 10.2 Å². The molecule has 7 heteroatoms. The molecule has 0 fully saturated rings. The molecule has 100 valence electrons. The second kappa shape index (κ2) is 4.41. The molecule has 3 rings (SSSR count). The maximum absolute atomic E-state index is 12.3. The maximum atomic E-state index is 12.3. The third-order valence-electron chi connectivity index (χ3n) is 3.46. The minimum Gasteiger partial charge on any atom is -0.548 e. The number of hydrogen-bond donors (Lipinski definition) is 0. The summed E-state index contributed by atoms with van der Waals surface area (Å²) in [7, 11) is 0. The lowest BCUT2D eigenvalue weighted by atomic mass is 9.89. The van der Waals surface area contributed by atoms with Gasteiger partial charge in [0.15, 0.2) is 4.83 Å². The summed E-state index contributed by atoms with van der Waals surface area (Å²) in [4.78, 5) is 24.6. The van der Waals surface area contributed by atoms with Crippen molar-refractivity contribution in [2.45, 2.75) is 32.7 Å². The van der Waals surface area contributed by atoms with Crippen LogP contribution in [0.3, 0.4) is 0 Å². The predicted octanol–water partition coefficient (Wildman–Crippen LogP) is -0.272. The normalized spacial score (nSPS) is 18.5. The second-order valence-electron chi connectivity index (χ2n) is 4.96. The molecule has 0 unspecified atom stereocenters. The monoisotopic (exact) mass is 278 g/mol. The van der Waals surface area contributed by atoms with Crippen LogP contribution in [-0.2, 0) is 24.2 Å². The molecule has 19 heavy (non-hydrogen) atoms. The number of thiophene rings is 1. The lowest BCUT2D eigenvalue weighted by molar-refractivity contribution is -0.306. The van der Waals surface area contributed by atoms with Crippen LogP contribution in [0.2, 0.25) is 0 Å². The van der Waals surface area contributed by atoms with E-state index < -0.39 is 12.5 Å². The number of fused-ring (bicyclic) bond motifs is 3. The minimum atomic E-state index is -1.34. The van der Waals surface area contributed by atoms with Crippen LogP contribution in [0.5, 0.6) is 0 Å². The van der Waals surface area contributed by atoms with E-state index in [1.54, 1.807) is 0 Å². The van der Waals surface area contributed by atoms with Gasteiger partial charge in [0.25, 0.3) is 5.56 Å². The lowest BCUT2D eigenvalue weighted by Gasteiger charge is -2.17. The number of rotatable bonds is 2. The lowest BCUT2D eigenvalue weighted by Crippen LogP contribution is -2.34. The first-order chi connectivity index (χ1) is 9.06. The Balaban J connectivity index is 2.20. The molecular formula is C12H12N3O3S-. The SMILES string of the molecule is C[C@H]1CCc2c(sc3nnn(CC(=O)[O-])c(=O)c23)C1. The van der Waals surface area contributed by atoms with E-state index in [4.69, 9.17) is 0 Å². The van der Waals surface area contributed by atoms with E-state index in [2.05, 4.69) is 17.2 Å². The smallest absolute Gasteiger partial charge is 0.279 e. The van der Waals surface area contributed by atoms with Crippen LogP contribution in [0, 0.1) is 5.92 Å². The van der Waals surface area contributed by atoms with Crippen molar-refractivity contribution >= 4 is 27.5 Å². The molecule has 0 radical (unpaired) electrons. The van der Waals surface area contributed by atoms with Crippen LogP contribution in [0.15, 0.2) is 4.79 Å². The van der Waals surface area contributed by atoms with Gasteiger partial charge in [0.2, 0.25) is 0 Å². The number of carbonyl (C=O) groups excluding carboxylic acids is 1. The van der Waals surface area contributed by atoms with Crippen molar-refractivity contribution in [2.24, 2.45) is 5.92 Å². The third kappa shape index (κ3) is 2.03. The quantitative estimate of drug-likeness (QED) is 0.754. The Labute approximate surface area is 112 Å². The summed E-state index contributed by atoms with van der Waals surface area (Å²) in [6.45, 7) is 1.64. The summed E-state index contributed by atoms with van der Waals surface area (Å²) >= 11 is 1.50. The minimum absolute atomic E-state index is 0.374. The van der Waals surface area contributed by atoms with Crippen LogP contribution in [-0.4, -0.2) is 21.0 Å². The first kappa shape index (κ1) is 12.3. The third-order valence-corrected chi connectivity index (χ3v) is 4.60. The molecule has 0 aromatic carbocycles. The van der Waals surface area contributed by atoms with Crippen LogP contribution >= 0.6 is 11.3 Å². The Morgan fingerprint density at radius 2 is 2.37 bits per heavy atom. The van der Waals surface area contributed by atoms with Crippen molar-refractivity contribution in [3.8, 4) is 0 Å². The summed E-state index contributed by atoms with van der Waals surface area (Å²) in [6.07, 6.45) is 2.85. The van der Waals surface area contributed by atoms with Gasteiger partial charge < -0.3 is 9.90 Å². The Bertz CT molecular complexity index is 719. The highest BCUT2D eigenvalue weighted by molar-refractivity contribution is 7.18. The summed E-state index contributed by atoms with van der Waals surface area (Å²) in [6, 6.07) is 0. The average Bonchev–Trinajstić information content (AvgIpc) is 2.70. The fraction of sp³-hybridized carbons (Fsp3) is 0.500. The van der Waals surface area contributed by atoms with Gasteiger partial charge in [-0.05, 0) is 30.7 Å². The van der Waals surface area contributed by atoms with Gasteiger partial charge in [0.05, 0.1) is 17.9 Å². The van der Waals surface area contributed by atoms with Gasteiger partial charge >= 0.3 is 0 Å². The number of hydrogen-bond acceptors (Lipinski definition) is 6. The van der Waals surface area contributed by atoms with Crippen molar-refractivity contribution in [3.63, 3.8) is 0 Å². The molecule has 2 aromatic heterocycles. The molecule has 0 amide bonds. The van der Waals surface area contributed by atoms with Gasteiger partial charge in [-0.1, -0.05) is 12.1 Å². The van der Waals surface area contributed by atoms with E-state index in [1.807, 2.05) is 0 Å².